The number of benzene rings is 2. The largest absolute Gasteiger partial charge is 0.416 e. The SMILES string of the molecule is CC(c1ccc(F)cc1)n1cncc1C(C)(O)C1CCN(S(=O)(=O)c2cnc(Nc3ccc(C(F)(F)F)cc3)s2)CC1. The molecule has 1 fully saturated rings. The highest BCUT2D eigenvalue weighted by molar-refractivity contribution is 7.91. The number of aliphatic hydroxyl groups is 1. The Morgan fingerprint density at radius 1 is 1.05 bits per heavy atom. The van der Waals surface area contributed by atoms with Crippen LogP contribution in [-0.4, -0.2) is 45.5 Å². The molecule has 0 aliphatic carbocycles. The standard InChI is InChI=1S/C28H29F4N5O3S2/c1-18(19-3-7-22(29)8-4-19)37-17-33-15-24(37)27(2,38)20-11-13-36(14-12-20)42(39,40)25-16-34-26(41-25)35-23-9-5-21(6-10-23)28(30,31)32/h3-10,15-18,20,38H,11-14H2,1-2H3,(H,34,35). The molecule has 0 bridgehead atoms. The minimum atomic E-state index is -4.45. The fourth-order valence-electron chi connectivity index (χ4n) is 5.20. The fraction of sp³-hybridized carbons (Fsp3) is 0.357. The number of rotatable bonds is 8. The lowest BCUT2D eigenvalue weighted by Gasteiger charge is -2.39. The van der Waals surface area contributed by atoms with Crippen LogP contribution in [0.2, 0.25) is 0 Å². The summed E-state index contributed by atoms with van der Waals surface area (Å²) in [7, 11) is -3.87. The van der Waals surface area contributed by atoms with Crippen LogP contribution in [0.3, 0.4) is 0 Å². The molecule has 2 unspecified atom stereocenters. The predicted molar refractivity (Wildman–Crippen MR) is 150 cm³/mol. The Labute approximate surface area is 244 Å². The van der Waals surface area contributed by atoms with Crippen molar-refractivity contribution < 1.29 is 31.1 Å². The van der Waals surface area contributed by atoms with Gasteiger partial charge in [0.2, 0.25) is 0 Å². The molecule has 3 heterocycles. The Morgan fingerprint density at radius 3 is 2.31 bits per heavy atom. The Morgan fingerprint density at radius 2 is 1.69 bits per heavy atom. The van der Waals surface area contributed by atoms with Gasteiger partial charge in [0.25, 0.3) is 10.0 Å². The quantitative estimate of drug-likeness (QED) is 0.228. The summed E-state index contributed by atoms with van der Waals surface area (Å²) in [5, 5.41) is 14.7. The maximum Gasteiger partial charge on any atom is 0.416 e. The molecule has 8 nitrogen and oxygen atoms in total. The highest BCUT2D eigenvalue weighted by Crippen LogP contribution is 2.39. The van der Waals surface area contributed by atoms with Gasteiger partial charge in [0, 0.05) is 18.8 Å². The molecule has 224 valence electrons. The van der Waals surface area contributed by atoms with Crippen molar-refractivity contribution in [3.05, 3.63) is 89.9 Å². The fourth-order valence-corrected chi connectivity index (χ4v) is 7.88. The molecular weight excluding hydrogens is 594 g/mol. The highest BCUT2D eigenvalue weighted by atomic mass is 32.2. The molecule has 2 atom stereocenters. The predicted octanol–water partition coefficient (Wildman–Crippen LogP) is 6.16. The molecule has 4 aromatic rings. The van der Waals surface area contributed by atoms with Crippen LogP contribution in [0.1, 0.15) is 49.6 Å². The molecule has 0 spiro atoms. The molecule has 1 aliphatic rings. The van der Waals surface area contributed by atoms with Gasteiger partial charge in [-0.2, -0.15) is 17.5 Å². The van der Waals surface area contributed by atoms with E-state index in [1.807, 2.05) is 11.5 Å². The number of nitrogens with zero attached hydrogens (tertiary/aromatic N) is 4. The van der Waals surface area contributed by atoms with Gasteiger partial charge in [-0.05, 0) is 74.6 Å². The molecule has 2 N–H and O–H groups in total. The third-order valence-electron chi connectivity index (χ3n) is 7.75. The second kappa shape index (κ2) is 11.4. The van der Waals surface area contributed by atoms with E-state index in [9.17, 15) is 31.1 Å². The van der Waals surface area contributed by atoms with E-state index in [0.29, 0.717) is 24.2 Å². The lowest BCUT2D eigenvalue weighted by atomic mass is 9.80. The van der Waals surface area contributed by atoms with Crippen molar-refractivity contribution in [1.29, 1.82) is 0 Å². The number of thiazole rings is 1. The maximum atomic E-state index is 13.4. The van der Waals surface area contributed by atoms with Gasteiger partial charge in [0.15, 0.2) is 9.34 Å². The highest BCUT2D eigenvalue weighted by Gasteiger charge is 2.41. The summed E-state index contributed by atoms with van der Waals surface area (Å²) in [4.78, 5) is 8.35. The first-order valence-corrected chi connectivity index (χ1v) is 15.4. The van der Waals surface area contributed by atoms with Crippen molar-refractivity contribution >= 4 is 32.2 Å². The first kappa shape index (κ1) is 30.1. The van der Waals surface area contributed by atoms with Crippen molar-refractivity contribution in [1.82, 2.24) is 18.8 Å². The van der Waals surface area contributed by atoms with E-state index in [-0.39, 0.29) is 40.2 Å². The summed E-state index contributed by atoms with van der Waals surface area (Å²) in [6.07, 6.45) is 0.800. The number of hydrogen-bond acceptors (Lipinski definition) is 7. The van der Waals surface area contributed by atoms with Crippen LogP contribution in [-0.2, 0) is 21.8 Å². The number of halogens is 4. The second-order valence-electron chi connectivity index (χ2n) is 10.4. The van der Waals surface area contributed by atoms with Crippen molar-refractivity contribution in [2.75, 3.05) is 18.4 Å². The molecule has 0 amide bonds. The molecule has 42 heavy (non-hydrogen) atoms. The molecule has 14 heteroatoms. The van der Waals surface area contributed by atoms with Crippen molar-refractivity contribution in [2.45, 2.75) is 48.7 Å². The van der Waals surface area contributed by atoms with E-state index in [1.165, 1.54) is 34.8 Å². The second-order valence-corrected chi connectivity index (χ2v) is 13.6. The lowest BCUT2D eigenvalue weighted by Crippen LogP contribution is -2.44. The average Bonchev–Trinajstić information content (AvgIpc) is 3.64. The Balaban J connectivity index is 1.24. The summed E-state index contributed by atoms with van der Waals surface area (Å²) in [5.74, 6) is -0.589. The van der Waals surface area contributed by atoms with Gasteiger partial charge in [-0.3, -0.25) is 0 Å². The molecule has 2 aromatic carbocycles. The number of sulfonamides is 1. The maximum absolute atomic E-state index is 13.4. The molecular formula is C28H29F4N5O3S2. The monoisotopic (exact) mass is 623 g/mol. The summed E-state index contributed by atoms with van der Waals surface area (Å²) < 4.78 is 81.8. The normalized spacial score (nSPS) is 17.6. The average molecular weight is 624 g/mol. The van der Waals surface area contributed by atoms with Crippen LogP contribution in [0.5, 0.6) is 0 Å². The van der Waals surface area contributed by atoms with Gasteiger partial charge in [-0.1, -0.05) is 23.5 Å². The zero-order valence-corrected chi connectivity index (χ0v) is 24.3. The summed E-state index contributed by atoms with van der Waals surface area (Å²) in [5.41, 5.74) is -0.308. The van der Waals surface area contributed by atoms with Gasteiger partial charge >= 0.3 is 6.18 Å². The van der Waals surface area contributed by atoms with Crippen LogP contribution >= 0.6 is 11.3 Å². The van der Waals surface area contributed by atoms with E-state index >= 15 is 0 Å². The van der Waals surface area contributed by atoms with E-state index in [0.717, 1.165) is 29.0 Å². The topological polar surface area (TPSA) is 100 Å². The summed E-state index contributed by atoms with van der Waals surface area (Å²) >= 11 is 0.888. The third kappa shape index (κ3) is 6.07. The number of imidazole rings is 1. The van der Waals surface area contributed by atoms with Gasteiger partial charge in [-0.25, -0.2) is 22.8 Å². The Kier molecular flexibility index (Phi) is 8.18. The number of anilines is 2. The summed E-state index contributed by atoms with van der Waals surface area (Å²) in [6, 6.07) is 10.3. The van der Waals surface area contributed by atoms with Crippen LogP contribution in [0.4, 0.5) is 28.4 Å². The van der Waals surface area contributed by atoms with Crippen LogP contribution < -0.4 is 5.32 Å². The number of nitrogens with one attached hydrogen (secondary N) is 1. The first-order valence-electron chi connectivity index (χ1n) is 13.2. The number of aromatic nitrogens is 3. The van der Waals surface area contributed by atoms with E-state index in [4.69, 9.17) is 0 Å². The number of hydrogen-bond donors (Lipinski definition) is 2. The number of alkyl halides is 3. The number of piperidine rings is 1. The Hall–Kier alpha value is -3.33. The van der Waals surface area contributed by atoms with Gasteiger partial charge in [0.1, 0.15) is 11.4 Å². The summed E-state index contributed by atoms with van der Waals surface area (Å²) in [6.45, 7) is 4.00. The molecule has 0 radical (unpaired) electrons. The van der Waals surface area contributed by atoms with Gasteiger partial charge in [-0.15, -0.1) is 0 Å². The van der Waals surface area contributed by atoms with Gasteiger partial charge in [0.05, 0.1) is 36.0 Å². The lowest BCUT2D eigenvalue weighted by molar-refractivity contribution is -0.137. The van der Waals surface area contributed by atoms with E-state index < -0.39 is 27.4 Å². The minimum absolute atomic E-state index is 0.00770. The molecule has 1 saturated heterocycles. The van der Waals surface area contributed by atoms with Crippen molar-refractivity contribution in [2.24, 2.45) is 5.92 Å². The third-order valence-corrected chi connectivity index (χ3v) is 11.0. The smallest absolute Gasteiger partial charge is 0.384 e. The molecule has 1 aliphatic heterocycles. The molecule has 0 saturated carbocycles. The van der Waals surface area contributed by atoms with E-state index in [1.54, 1.807) is 31.6 Å². The molecule has 2 aromatic heterocycles. The van der Waals surface area contributed by atoms with Crippen LogP contribution in [0, 0.1) is 11.7 Å². The van der Waals surface area contributed by atoms with Crippen molar-refractivity contribution in [3.8, 4) is 0 Å². The van der Waals surface area contributed by atoms with E-state index in [2.05, 4.69) is 15.3 Å². The van der Waals surface area contributed by atoms with Crippen LogP contribution in [0.25, 0.3) is 0 Å². The molecule has 5 rings (SSSR count). The first-order chi connectivity index (χ1) is 19.8. The zero-order chi connectivity index (χ0) is 30.3. The Bertz CT molecular complexity index is 1630. The minimum Gasteiger partial charge on any atom is -0.384 e. The van der Waals surface area contributed by atoms with Crippen LogP contribution in [0.15, 0.2) is 71.5 Å². The van der Waals surface area contributed by atoms with Gasteiger partial charge < -0.3 is 15.0 Å². The zero-order valence-electron chi connectivity index (χ0n) is 22.7. The van der Waals surface area contributed by atoms with Crippen molar-refractivity contribution in [3.63, 3.8) is 0 Å².